The maximum absolute atomic E-state index is 12.4. The first-order valence-corrected chi connectivity index (χ1v) is 8.47. The molecular weight excluding hydrogens is 284 g/mol. The van der Waals surface area contributed by atoms with Crippen LogP contribution in [-0.2, 0) is 0 Å². The highest BCUT2D eigenvalue weighted by Crippen LogP contribution is 2.20. The molecule has 1 aromatic rings. The largest absolute Gasteiger partial charge is 0.382 e. The number of thioether (sulfide) groups is 1. The molecule has 1 aromatic heterocycles. The van der Waals surface area contributed by atoms with Crippen LogP contribution in [0.25, 0.3) is 0 Å². The summed E-state index contributed by atoms with van der Waals surface area (Å²) in [6.07, 6.45) is 3.73. The number of rotatable bonds is 7. The minimum absolute atomic E-state index is 0.00190. The summed E-state index contributed by atoms with van der Waals surface area (Å²) in [6.45, 7) is 11.5. The van der Waals surface area contributed by atoms with Crippen molar-refractivity contribution < 1.29 is 4.79 Å². The van der Waals surface area contributed by atoms with Crippen LogP contribution in [0.4, 0.5) is 5.69 Å². The van der Waals surface area contributed by atoms with Gasteiger partial charge in [0, 0.05) is 23.8 Å². The highest BCUT2D eigenvalue weighted by atomic mass is 32.2. The number of nitrogens with zero attached hydrogens (tertiary/aromatic N) is 2. The van der Waals surface area contributed by atoms with Crippen molar-refractivity contribution in [2.45, 2.75) is 45.3 Å². The van der Waals surface area contributed by atoms with Gasteiger partial charge in [0.1, 0.15) is 5.82 Å². The Morgan fingerprint density at radius 1 is 1.43 bits per heavy atom. The molecule has 0 radical (unpaired) electrons. The first-order chi connectivity index (χ1) is 9.80. The van der Waals surface area contributed by atoms with Crippen molar-refractivity contribution in [2.75, 3.05) is 24.7 Å². The maximum Gasteiger partial charge on any atom is 0.272 e. The standard InChI is InChI=1S/C15H26N4OS/c1-7-16-11-8-17-13(10(2)3)19-12(11)14(20)18-9-15(4,5)21-6/h8,10,16H,7,9H2,1-6H3,(H,18,20). The van der Waals surface area contributed by atoms with Crippen molar-refractivity contribution in [2.24, 2.45) is 0 Å². The molecule has 0 aliphatic heterocycles. The second kappa shape index (κ2) is 7.64. The quantitative estimate of drug-likeness (QED) is 0.810. The van der Waals surface area contributed by atoms with Crippen LogP contribution < -0.4 is 10.6 Å². The number of nitrogens with one attached hydrogen (secondary N) is 2. The summed E-state index contributed by atoms with van der Waals surface area (Å²) in [4.78, 5) is 21.2. The van der Waals surface area contributed by atoms with E-state index in [2.05, 4.69) is 34.4 Å². The summed E-state index contributed by atoms with van der Waals surface area (Å²) >= 11 is 1.72. The van der Waals surface area contributed by atoms with Gasteiger partial charge in [-0.2, -0.15) is 11.8 Å². The maximum atomic E-state index is 12.4. The molecule has 2 N–H and O–H groups in total. The van der Waals surface area contributed by atoms with E-state index in [1.807, 2.05) is 27.0 Å². The fourth-order valence-corrected chi connectivity index (χ4v) is 1.83. The molecule has 0 bridgehead atoms. The van der Waals surface area contributed by atoms with Crippen LogP contribution in [0.3, 0.4) is 0 Å². The molecule has 6 heteroatoms. The van der Waals surface area contributed by atoms with E-state index in [9.17, 15) is 4.79 Å². The van der Waals surface area contributed by atoms with E-state index in [4.69, 9.17) is 0 Å². The van der Waals surface area contributed by atoms with Gasteiger partial charge >= 0.3 is 0 Å². The van der Waals surface area contributed by atoms with Crippen LogP contribution in [0.1, 0.15) is 56.8 Å². The van der Waals surface area contributed by atoms with Gasteiger partial charge in [0.25, 0.3) is 5.91 Å². The second-order valence-electron chi connectivity index (χ2n) is 5.82. The van der Waals surface area contributed by atoms with Gasteiger partial charge in [0.15, 0.2) is 5.69 Å². The van der Waals surface area contributed by atoms with Crippen molar-refractivity contribution in [1.82, 2.24) is 15.3 Å². The zero-order valence-electron chi connectivity index (χ0n) is 13.8. The van der Waals surface area contributed by atoms with Crippen LogP contribution in [0.15, 0.2) is 6.20 Å². The average Bonchev–Trinajstić information content (AvgIpc) is 2.45. The summed E-state index contributed by atoms with van der Waals surface area (Å²) < 4.78 is 0.00190. The molecule has 0 unspecified atom stereocenters. The van der Waals surface area contributed by atoms with Gasteiger partial charge in [-0.15, -0.1) is 0 Å². The van der Waals surface area contributed by atoms with E-state index in [-0.39, 0.29) is 16.6 Å². The molecule has 0 saturated carbocycles. The third-order valence-electron chi connectivity index (χ3n) is 3.13. The number of carbonyl (C=O) groups excluding carboxylic acids is 1. The first kappa shape index (κ1) is 17.8. The van der Waals surface area contributed by atoms with Crippen molar-refractivity contribution >= 4 is 23.4 Å². The predicted molar refractivity (Wildman–Crippen MR) is 90.2 cm³/mol. The molecule has 1 rings (SSSR count). The average molecular weight is 310 g/mol. The van der Waals surface area contributed by atoms with Crippen LogP contribution in [-0.4, -0.2) is 40.0 Å². The lowest BCUT2D eigenvalue weighted by Crippen LogP contribution is -2.37. The Bertz CT molecular complexity index is 489. The summed E-state index contributed by atoms with van der Waals surface area (Å²) in [7, 11) is 0. The fourth-order valence-electron chi connectivity index (χ4n) is 1.62. The topological polar surface area (TPSA) is 66.9 Å². The Morgan fingerprint density at radius 2 is 2.10 bits per heavy atom. The van der Waals surface area contributed by atoms with E-state index in [0.717, 1.165) is 6.54 Å². The molecule has 0 saturated heterocycles. The van der Waals surface area contributed by atoms with Gasteiger partial charge < -0.3 is 10.6 Å². The second-order valence-corrected chi connectivity index (χ2v) is 7.34. The van der Waals surface area contributed by atoms with Gasteiger partial charge in [-0.3, -0.25) is 4.79 Å². The van der Waals surface area contributed by atoms with Crippen LogP contribution >= 0.6 is 11.8 Å². The Morgan fingerprint density at radius 3 is 2.62 bits per heavy atom. The Hall–Kier alpha value is -1.30. The normalized spacial score (nSPS) is 11.6. The molecule has 5 nitrogen and oxygen atoms in total. The Labute approximate surface area is 131 Å². The van der Waals surface area contributed by atoms with E-state index in [0.29, 0.717) is 23.8 Å². The van der Waals surface area contributed by atoms with E-state index >= 15 is 0 Å². The van der Waals surface area contributed by atoms with Gasteiger partial charge in [0.05, 0.1) is 11.9 Å². The van der Waals surface area contributed by atoms with Crippen LogP contribution in [0, 0.1) is 0 Å². The summed E-state index contributed by atoms with van der Waals surface area (Å²) in [5, 5.41) is 6.11. The van der Waals surface area contributed by atoms with Gasteiger partial charge in [-0.05, 0) is 27.0 Å². The SMILES string of the molecule is CCNc1cnc(C(C)C)nc1C(=O)NCC(C)(C)SC. The van der Waals surface area contributed by atoms with Gasteiger partial charge in [0.2, 0.25) is 0 Å². The summed E-state index contributed by atoms with van der Waals surface area (Å²) in [6, 6.07) is 0. The number of carbonyl (C=O) groups is 1. The van der Waals surface area contributed by atoms with E-state index in [1.54, 1.807) is 18.0 Å². The van der Waals surface area contributed by atoms with Crippen LogP contribution in [0.2, 0.25) is 0 Å². The molecule has 0 aliphatic carbocycles. The molecule has 0 fully saturated rings. The zero-order valence-corrected chi connectivity index (χ0v) is 14.6. The highest BCUT2D eigenvalue weighted by Gasteiger charge is 2.20. The highest BCUT2D eigenvalue weighted by molar-refractivity contribution is 7.99. The lowest BCUT2D eigenvalue weighted by Gasteiger charge is -2.22. The monoisotopic (exact) mass is 310 g/mol. The molecule has 1 amide bonds. The van der Waals surface area contributed by atoms with E-state index < -0.39 is 0 Å². The summed E-state index contributed by atoms with van der Waals surface area (Å²) in [5.41, 5.74) is 1.11. The molecule has 118 valence electrons. The molecule has 0 atom stereocenters. The number of anilines is 1. The van der Waals surface area contributed by atoms with Crippen molar-refractivity contribution in [3.05, 3.63) is 17.7 Å². The molecule has 1 heterocycles. The Balaban J connectivity index is 2.96. The number of aromatic nitrogens is 2. The number of amides is 1. The zero-order chi connectivity index (χ0) is 16.0. The molecule has 0 spiro atoms. The smallest absolute Gasteiger partial charge is 0.272 e. The van der Waals surface area contributed by atoms with Crippen LogP contribution in [0.5, 0.6) is 0 Å². The first-order valence-electron chi connectivity index (χ1n) is 7.25. The lowest BCUT2D eigenvalue weighted by molar-refractivity contribution is 0.0946. The molecule has 0 aliphatic rings. The van der Waals surface area contributed by atoms with Crippen molar-refractivity contribution in [3.8, 4) is 0 Å². The molecule has 0 aromatic carbocycles. The fraction of sp³-hybridized carbons (Fsp3) is 0.667. The Kier molecular flexibility index (Phi) is 6.45. The minimum Gasteiger partial charge on any atom is -0.382 e. The van der Waals surface area contributed by atoms with Crippen molar-refractivity contribution in [1.29, 1.82) is 0 Å². The van der Waals surface area contributed by atoms with Crippen molar-refractivity contribution in [3.63, 3.8) is 0 Å². The van der Waals surface area contributed by atoms with Gasteiger partial charge in [-0.25, -0.2) is 9.97 Å². The number of hydrogen-bond donors (Lipinski definition) is 2. The molecular formula is C15H26N4OS. The minimum atomic E-state index is -0.155. The lowest BCUT2D eigenvalue weighted by atomic mass is 10.2. The third kappa shape index (κ3) is 5.19. The summed E-state index contributed by atoms with van der Waals surface area (Å²) in [5.74, 6) is 0.721. The number of hydrogen-bond acceptors (Lipinski definition) is 5. The molecule has 21 heavy (non-hydrogen) atoms. The van der Waals surface area contributed by atoms with Gasteiger partial charge in [-0.1, -0.05) is 13.8 Å². The third-order valence-corrected chi connectivity index (χ3v) is 4.38. The predicted octanol–water partition coefficient (Wildman–Crippen LogP) is 2.90. The van der Waals surface area contributed by atoms with E-state index in [1.165, 1.54) is 0 Å².